The summed E-state index contributed by atoms with van der Waals surface area (Å²) in [4.78, 5) is 15.5. The number of phenols is 1. The standard InChI is InChI=1S/C12H9ClN2O3/c13-10-2-1-8(4-11(10)17)15-12(18)7-3-9(16)6-14-5-7/h1-6,16-17H,(H,15,18). The molecule has 0 saturated carbocycles. The molecule has 0 aliphatic heterocycles. The highest BCUT2D eigenvalue weighted by atomic mass is 35.5. The van der Waals surface area contributed by atoms with E-state index in [2.05, 4.69) is 10.3 Å². The van der Waals surface area contributed by atoms with Crippen LogP contribution in [0.1, 0.15) is 10.4 Å². The van der Waals surface area contributed by atoms with Crippen molar-refractivity contribution in [1.29, 1.82) is 0 Å². The summed E-state index contributed by atoms with van der Waals surface area (Å²) >= 11 is 5.65. The van der Waals surface area contributed by atoms with Crippen LogP contribution >= 0.6 is 11.6 Å². The summed E-state index contributed by atoms with van der Waals surface area (Å²) in [5, 5.41) is 21.3. The van der Waals surface area contributed by atoms with E-state index in [1.807, 2.05) is 0 Å². The van der Waals surface area contributed by atoms with Crippen molar-refractivity contribution in [3.8, 4) is 11.5 Å². The van der Waals surface area contributed by atoms with Crippen LogP contribution in [0.25, 0.3) is 0 Å². The largest absolute Gasteiger partial charge is 0.506 e. The third kappa shape index (κ3) is 2.70. The van der Waals surface area contributed by atoms with Crippen molar-refractivity contribution in [3.63, 3.8) is 0 Å². The third-order valence-electron chi connectivity index (χ3n) is 2.19. The Morgan fingerprint density at radius 2 is 2.00 bits per heavy atom. The lowest BCUT2D eigenvalue weighted by Crippen LogP contribution is -2.11. The third-order valence-corrected chi connectivity index (χ3v) is 2.51. The number of carbonyl (C=O) groups excluding carboxylic acids is 1. The molecule has 0 bridgehead atoms. The minimum atomic E-state index is -0.444. The Balaban J connectivity index is 2.18. The van der Waals surface area contributed by atoms with E-state index in [9.17, 15) is 15.0 Å². The van der Waals surface area contributed by atoms with Crippen LogP contribution in [0.15, 0.2) is 36.7 Å². The highest BCUT2D eigenvalue weighted by Crippen LogP contribution is 2.26. The summed E-state index contributed by atoms with van der Waals surface area (Å²) in [5.41, 5.74) is 0.606. The van der Waals surface area contributed by atoms with Gasteiger partial charge in [0.25, 0.3) is 5.91 Å². The van der Waals surface area contributed by atoms with E-state index in [4.69, 9.17) is 11.6 Å². The molecule has 2 rings (SSSR count). The molecule has 1 amide bonds. The zero-order valence-corrected chi connectivity index (χ0v) is 9.85. The van der Waals surface area contributed by atoms with Crippen molar-refractivity contribution < 1.29 is 15.0 Å². The predicted molar refractivity (Wildman–Crippen MR) is 67.0 cm³/mol. The topological polar surface area (TPSA) is 82.5 Å². The van der Waals surface area contributed by atoms with Crippen LogP contribution in [0.2, 0.25) is 5.02 Å². The number of nitrogens with one attached hydrogen (secondary N) is 1. The fourth-order valence-electron chi connectivity index (χ4n) is 1.35. The van der Waals surface area contributed by atoms with Gasteiger partial charge >= 0.3 is 0 Å². The Morgan fingerprint density at radius 3 is 2.67 bits per heavy atom. The zero-order valence-electron chi connectivity index (χ0n) is 9.09. The van der Waals surface area contributed by atoms with Gasteiger partial charge in [-0.05, 0) is 18.2 Å². The van der Waals surface area contributed by atoms with E-state index >= 15 is 0 Å². The highest BCUT2D eigenvalue weighted by molar-refractivity contribution is 6.32. The van der Waals surface area contributed by atoms with Crippen molar-refractivity contribution in [1.82, 2.24) is 4.98 Å². The molecule has 3 N–H and O–H groups in total. The van der Waals surface area contributed by atoms with Crippen LogP contribution in [0, 0.1) is 0 Å². The second-order valence-corrected chi connectivity index (χ2v) is 3.96. The molecule has 6 heteroatoms. The van der Waals surface area contributed by atoms with Crippen LogP contribution in [-0.4, -0.2) is 21.1 Å². The molecule has 92 valence electrons. The average Bonchev–Trinajstić information content (AvgIpc) is 2.34. The van der Waals surface area contributed by atoms with Crippen molar-refractivity contribution >= 4 is 23.2 Å². The number of rotatable bonds is 2. The number of benzene rings is 1. The summed E-state index contributed by atoms with van der Waals surface area (Å²) < 4.78 is 0. The van der Waals surface area contributed by atoms with Gasteiger partial charge in [-0.2, -0.15) is 0 Å². The number of nitrogens with zero attached hydrogens (tertiary/aromatic N) is 1. The van der Waals surface area contributed by atoms with Crippen LogP contribution < -0.4 is 5.32 Å². The summed E-state index contributed by atoms with van der Waals surface area (Å²) in [6.45, 7) is 0. The van der Waals surface area contributed by atoms with Crippen molar-refractivity contribution in [3.05, 3.63) is 47.2 Å². The minimum Gasteiger partial charge on any atom is -0.506 e. The fourth-order valence-corrected chi connectivity index (χ4v) is 1.46. The molecule has 0 aliphatic rings. The molecule has 1 heterocycles. The number of aromatic hydroxyl groups is 2. The second-order valence-electron chi connectivity index (χ2n) is 3.55. The molecular weight excluding hydrogens is 256 g/mol. The molecule has 5 nitrogen and oxygen atoms in total. The Morgan fingerprint density at radius 1 is 1.22 bits per heavy atom. The molecule has 1 aromatic carbocycles. The Labute approximate surface area is 108 Å². The minimum absolute atomic E-state index is 0.0957. The number of phenolic OH excluding ortho intramolecular Hbond substituents is 1. The van der Waals surface area contributed by atoms with Gasteiger partial charge in [0.05, 0.1) is 16.8 Å². The normalized spacial score (nSPS) is 10.1. The summed E-state index contributed by atoms with van der Waals surface area (Å²) in [6.07, 6.45) is 2.55. The fraction of sp³-hybridized carbons (Fsp3) is 0. The van der Waals surface area contributed by atoms with E-state index in [0.717, 1.165) is 0 Å². The molecule has 0 aliphatic carbocycles. The molecule has 1 aromatic heterocycles. The predicted octanol–water partition coefficient (Wildman–Crippen LogP) is 2.40. The van der Waals surface area contributed by atoms with Gasteiger partial charge < -0.3 is 15.5 Å². The maximum Gasteiger partial charge on any atom is 0.257 e. The molecular formula is C12H9ClN2O3. The van der Waals surface area contributed by atoms with Gasteiger partial charge in [0.2, 0.25) is 0 Å². The lowest BCUT2D eigenvalue weighted by Gasteiger charge is -2.06. The number of hydrogen-bond donors (Lipinski definition) is 3. The smallest absolute Gasteiger partial charge is 0.257 e. The Hall–Kier alpha value is -2.27. The monoisotopic (exact) mass is 264 g/mol. The molecule has 0 spiro atoms. The summed E-state index contributed by atoms with van der Waals surface area (Å²) in [5.74, 6) is -0.662. The number of aromatic nitrogens is 1. The van der Waals surface area contributed by atoms with Gasteiger partial charge in [0.15, 0.2) is 0 Å². The molecule has 2 aromatic rings. The first-order valence-corrected chi connectivity index (χ1v) is 5.38. The SMILES string of the molecule is O=C(Nc1ccc(Cl)c(O)c1)c1cncc(O)c1. The lowest BCUT2D eigenvalue weighted by molar-refractivity contribution is 0.102. The van der Waals surface area contributed by atoms with E-state index in [1.54, 1.807) is 6.07 Å². The first-order valence-electron chi connectivity index (χ1n) is 5.00. The van der Waals surface area contributed by atoms with Gasteiger partial charge in [0, 0.05) is 18.0 Å². The number of hydrogen-bond acceptors (Lipinski definition) is 4. The van der Waals surface area contributed by atoms with Gasteiger partial charge in [0.1, 0.15) is 11.5 Å². The number of amides is 1. The number of anilines is 1. The molecule has 0 saturated heterocycles. The first-order chi connectivity index (χ1) is 8.56. The van der Waals surface area contributed by atoms with E-state index < -0.39 is 5.91 Å². The first kappa shape index (κ1) is 12.2. The van der Waals surface area contributed by atoms with Gasteiger partial charge in [-0.3, -0.25) is 9.78 Å². The zero-order chi connectivity index (χ0) is 13.1. The van der Waals surface area contributed by atoms with Crippen LogP contribution in [0.5, 0.6) is 11.5 Å². The average molecular weight is 265 g/mol. The Kier molecular flexibility index (Phi) is 3.34. The molecule has 18 heavy (non-hydrogen) atoms. The van der Waals surface area contributed by atoms with Gasteiger partial charge in [-0.15, -0.1) is 0 Å². The maximum atomic E-state index is 11.8. The van der Waals surface area contributed by atoms with Crippen molar-refractivity contribution in [2.24, 2.45) is 0 Å². The van der Waals surface area contributed by atoms with Crippen molar-refractivity contribution in [2.45, 2.75) is 0 Å². The van der Waals surface area contributed by atoms with Gasteiger partial charge in [-0.25, -0.2) is 0 Å². The maximum absolute atomic E-state index is 11.8. The lowest BCUT2D eigenvalue weighted by atomic mass is 10.2. The summed E-state index contributed by atoms with van der Waals surface area (Å²) in [7, 11) is 0. The number of halogens is 1. The van der Waals surface area contributed by atoms with Crippen LogP contribution in [0.4, 0.5) is 5.69 Å². The summed E-state index contributed by atoms with van der Waals surface area (Å²) in [6, 6.07) is 5.64. The molecule has 0 fully saturated rings. The van der Waals surface area contributed by atoms with Crippen molar-refractivity contribution in [2.75, 3.05) is 5.32 Å². The number of carbonyl (C=O) groups is 1. The molecule has 0 radical (unpaired) electrons. The van der Waals surface area contributed by atoms with Crippen LogP contribution in [0.3, 0.4) is 0 Å². The van der Waals surface area contributed by atoms with E-state index in [0.29, 0.717) is 5.69 Å². The quantitative estimate of drug-likeness (QED) is 0.778. The Bertz CT molecular complexity index is 602. The number of pyridine rings is 1. The molecule has 0 unspecified atom stereocenters. The highest BCUT2D eigenvalue weighted by Gasteiger charge is 2.08. The van der Waals surface area contributed by atoms with E-state index in [-0.39, 0.29) is 22.1 Å². The van der Waals surface area contributed by atoms with Crippen LogP contribution in [-0.2, 0) is 0 Å². The molecule has 0 atom stereocenters. The van der Waals surface area contributed by atoms with Gasteiger partial charge in [-0.1, -0.05) is 11.6 Å². The second kappa shape index (κ2) is 4.93. The van der Waals surface area contributed by atoms with E-state index in [1.165, 1.54) is 30.6 Å².